The number of aryl methyl sites for hydroxylation is 2. The molecule has 1 aromatic carbocycles. The maximum Gasteiger partial charge on any atom is 0.0897 e. The molecular formula is C17H23N3O. The van der Waals surface area contributed by atoms with E-state index in [9.17, 15) is 5.11 Å². The van der Waals surface area contributed by atoms with Crippen molar-refractivity contribution in [3.63, 3.8) is 0 Å². The fourth-order valence-electron chi connectivity index (χ4n) is 3.56. The number of aliphatic hydroxyl groups excluding tert-OH is 1. The van der Waals surface area contributed by atoms with Crippen LogP contribution in [0.5, 0.6) is 0 Å². The van der Waals surface area contributed by atoms with E-state index in [0.29, 0.717) is 6.54 Å². The first-order valence-electron chi connectivity index (χ1n) is 7.57. The van der Waals surface area contributed by atoms with Gasteiger partial charge in [-0.2, -0.15) is 5.10 Å². The molecule has 1 unspecified atom stereocenters. The van der Waals surface area contributed by atoms with Gasteiger partial charge in [0.1, 0.15) is 0 Å². The number of aromatic nitrogens is 2. The molecule has 112 valence electrons. The van der Waals surface area contributed by atoms with Crippen molar-refractivity contribution in [1.82, 2.24) is 9.78 Å². The van der Waals surface area contributed by atoms with Crippen molar-refractivity contribution >= 4 is 0 Å². The lowest BCUT2D eigenvalue weighted by atomic mass is 9.76. The first-order chi connectivity index (χ1) is 10.1. The second-order valence-electron chi connectivity index (χ2n) is 6.15. The highest BCUT2D eigenvalue weighted by atomic mass is 16.3. The smallest absolute Gasteiger partial charge is 0.0897 e. The van der Waals surface area contributed by atoms with Crippen LogP contribution in [-0.2, 0) is 26.3 Å². The molecule has 3 N–H and O–H groups in total. The van der Waals surface area contributed by atoms with Crippen LogP contribution in [0.15, 0.2) is 30.5 Å². The largest absolute Gasteiger partial charge is 0.388 e. The number of aliphatic hydroxyl groups is 1. The minimum Gasteiger partial charge on any atom is -0.388 e. The highest BCUT2D eigenvalue weighted by Crippen LogP contribution is 2.45. The Morgan fingerprint density at radius 3 is 2.48 bits per heavy atom. The molecule has 21 heavy (non-hydrogen) atoms. The average Bonchev–Trinajstić information content (AvgIpc) is 3.07. The van der Waals surface area contributed by atoms with E-state index < -0.39 is 6.10 Å². The molecule has 0 saturated heterocycles. The molecule has 0 aliphatic heterocycles. The van der Waals surface area contributed by atoms with Gasteiger partial charge in [0.15, 0.2) is 0 Å². The average molecular weight is 285 g/mol. The summed E-state index contributed by atoms with van der Waals surface area (Å²) in [5, 5.41) is 15.5. The molecule has 0 saturated carbocycles. The van der Waals surface area contributed by atoms with E-state index in [4.69, 9.17) is 5.73 Å². The molecule has 4 heteroatoms. The van der Waals surface area contributed by atoms with Gasteiger partial charge >= 0.3 is 0 Å². The molecule has 1 aliphatic carbocycles. The summed E-state index contributed by atoms with van der Waals surface area (Å²) >= 11 is 0. The highest BCUT2D eigenvalue weighted by molar-refractivity contribution is 5.37. The van der Waals surface area contributed by atoms with E-state index in [-0.39, 0.29) is 5.41 Å². The van der Waals surface area contributed by atoms with Crippen molar-refractivity contribution in [3.8, 4) is 0 Å². The Morgan fingerprint density at radius 2 is 1.95 bits per heavy atom. The number of fused-ring (bicyclic) bond motifs is 1. The van der Waals surface area contributed by atoms with Crippen LogP contribution in [0.25, 0.3) is 0 Å². The lowest BCUT2D eigenvalue weighted by Crippen LogP contribution is -2.38. The monoisotopic (exact) mass is 285 g/mol. The Hall–Kier alpha value is -1.65. The Bertz CT molecular complexity index is 622. The Labute approximate surface area is 125 Å². The number of nitrogens with zero attached hydrogens (tertiary/aromatic N) is 2. The van der Waals surface area contributed by atoms with Gasteiger partial charge in [-0.05, 0) is 30.4 Å². The summed E-state index contributed by atoms with van der Waals surface area (Å²) in [6.45, 7) is 2.54. The molecule has 0 amide bonds. The SMILES string of the molecule is CCc1nn(C)cc1C(O)C1(CN)Cc2ccccc2C1. The topological polar surface area (TPSA) is 64.1 Å². The van der Waals surface area contributed by atoms with E-state index in [1.54, 1.807) is 4.68 Å². The molecule has 1 aromatic heterocycles. The van der Waals surface area contributed by atoms with Crippen molar-refractivity contribution in [2.24, 2.45) is 18.2 Å². The van der Waals surface area contributed by atoms with Gasteiger partial charge in [-0.1, -0.05) is 31.2 Å². The summed E-state index contributed by atoms with van der Waals surface area (Å²) in [6.07, 6.45) is 3.85. The van der Waals surface area contributed by atoms with Crippen LogP contribution in [0.4, 0.5) is 0 Å². The number of hydrogen-bond acceptors (Lipinski definition) is 3. The van der Waals surface area contributed by atoms with Gasteiger partial charge in [0.05, 0.1) is 11.8 Å². The van der Waals surface area contributed by atoms with E-state index >= 15 is 0 Å². The molecule has 0 fully saturated rings. The fraction of sp³-hybridized carbons (Fsp3) is 0.471. The molecule has 2 aromatic rings. The normalized spacial score (nSPS) is 17.7. The van der Waals surface area contributed by atoms with Gasteiger partial charge < -0.3 is 10.8 Å². The number of rotatable bonds is 4. The lowest BCUT2D eigenvalue weighted by molar-refractivity contribution is 0.0351. The zero-order valence-corrected chi connectivity index (χ0v) is 12.7. The molecule has 4 nitrogen and oxygen atoms in total. The van der Waals surface area contributed by atoms with E-state index in [2.05, 4.69) is 36.3 Å². The van der Waals surface area contributed by atoms with Gasteiger partial charge in [-0.3, -0.25) is 4.68 Å². The predicted octanol–water partition coefficient (Wildman–Crippen LogP) is 1.76. The van der Waals surface area contributed by atoms with Gasteiger partial charge in [-0.25, -0.2) is 0 Å². The summed E-state index contributed by atoms with van der Waals surface area (Å²) in [4.78, 5) is 0. The Balaban J connectivity index is 1.98. The first-order valence-corrected chi connectivity index (χ1v) is 7.57. The van der Waals surface area contributed by atoms with Crippen LogP contribution in [0.3, 0.4) is 0 Å². The van der Waals surface area contributed by atoms with Crippen molar-refractivity contribution in [3.05, 3.63) is 52.8 Å². The lowest BCUT2D eigenvalue weighted by Gasteiger charge is -2.33. The third kappa shape index (κ3) is 2.28. The maximum absolute atomic E-state index is 11.0. The van der Waals surface area contributed by atoms with Gasteiger partial charge in [0.2, 0.25) is 0 Å². The molecule has 1 aliphatic rings. The van der Waals surface area contributed by atoms with E-state index in [1.165, 1.54) is 11.1 Å². The zero-order chi connectivity index (χ0) is 15.0. The molecule has 1 heterocycles. The molecule has 3 rings (SSSR count). The second-order valence-corrected chi connectivity index (χ2v) is 6.15. The molecule has 1 atom stereocenters. The zero-order valence-electron chi connectivity index (χ0n) is 12.7. The summed E-state index contributed by atoms with van der Waals surface area (Å²) in [6, 6.07) is 8.39. The molecule has 0 spiro atoms. The van der Waals surface area contributed by atoms with Crippen LogP contribution < -0.4 is 5.73 Å². The van der Waals surface area contributed by atoms with E-state index in [1.807, 2.05) is 13.2 Å². The van der Waals surface area contributed by atoms with Crippen LogP contribution in [0.2, 0.25) is 0 Å². The fourth-order valence-corrected chi connectivity index (χ4v) is 3.56. The molecule has 0 bridgehead atoms. The number of nitrogens with two attached hydrogens (primary N) is 1. The second kappa shape index (κ2) is 5.28. The van der Waals surface area contributed by atoms with Crippen LogP contribution in [0.1, 0.15) is 35.4 Å². The summed E-state index contributed by atoms with van der Waals surface area (Å²) < 4.78 is 1.78. The van der Waals surface area contributed by atoms with Crippen LogP contribution in [0, 0.1) is 5.41 Å². The summed E-state index contributed by atoms with van der Waals surface area (Å²) in [5.74, 6) is 0. The molecule has 0 radical (unpaired) electrons. The van der Waals surface area contributed by atoms with Gasteiger partial charge in [0.25, 0.3) is 0 Å². The quantitative estimate of drug-likeness (QED) is 0.899. The van der Waals surface area contributed by atoms with Crippen molar-refractivity contribution in [2.45, 2.75) is 32.3 Å². The third-order valence-electron chi connectivity index (χ3n) is 4.76. The number of benzene rings is 1. The number of hydrogen-bond donors (Lipinski definition) is 2. The predicted molar refractivity (Wildman–Crippen MR) is 82.9 cm³/mol. The highest BCUT2D eigenvalue weighted by Gasteiger charge is 2.43. The van der Waals surface area contributed by atoms with Crippen LogP contribution >= 0.6 is 0 Å². The van der Waals surface area contributed by atoms with E-state index in [0.717, 1.165) is 30.5 Å². The Kier molecular flexibility index (Phi) is 3.59. The minimum atomic E-state index is -0.571. The van der Waals surface area contributed by atoms with Crippen molar-refractivity contribution in [1.29, 1.82) is 0 Å². The van der Waals surface area contributed by atoms with Crippen molar-refractivity contribution < 1.29 is 5.11 Å². The van der Waals surface area contributed by atoms with Crippen LogP contribution in [-0.4, -0.2) is 21.4 Å². The third-order valence-corrected chi connectivity index (χ3v) is 4.76. The summed E-state index contributed by atoms with van der Waals surface area (Å²) in [7, 11) is 1.90. The molecular weight excluding hydrogens is 262 g/mol. The van der Waals surface area contributed by atoms with Gasteiger partial charge in [0, 0.05) is 30.8 Å². The minimum absolute atomic E-state index is 0.309. The summed E-state index contributed by atoms with van der Waals surface area (Å²) in [5.41, 5.74) is 10.3. The Morgan fingerprint density at radius 1 is 1.33 bits per heavy atom. The maximum atomic E-state index is 11.0. The van der Waals surface area contributed by atoms with Crippen molar-refractivity contribution in [2.75, 3.05) is 6.54 Å². The first kappa shape index (κ1) is 14.3. The standard InChI is InChI=1S/C17H23N3O/c1-3-15-14(10-20(2)19-15)16(21)17(11-18)8-12-6-4-5-7-13(12)9-17/h4-7,10,16,21H,3,8-9,11,18H2,1-2H3. The van der Waals surface area contributed by atoms with Gasteiger partial charge in [-0.15, -0.1) is 0 Å².